The first kappa shape index (κ1) is 10.4. The van der Waals surface area contributed by atoms with E-state index in [2.05, 4.69) is 26.5 Å². The minimum absolute atomic E-state index is 0.688. The van der Waals surface area contributed by atoms with Crippen LogP contribution in [0.2, 0.25) is 0 Å². The molecule has 13 heavy (non-hydrogen) atoms. The van der Waals surface area contributed by atoms with Gasteiger partial charge in [-0.3, -0.25) is 0 Å². The normalized spacial score (nSPS) is 28.3. The Balaban J connectivity index is 2.51. The Kier molecular flexibility index (Phi) is 4.07. The molecule has 0 bridgehead atoms. The second kappa shape index (κ2) is 5.11. The van der Waals surface area contributed by atoms with Crippen LogP contribution in [-0.2, 0) is 4.74 Å². The van der Waals surface area contributed by atoms with Crippen LogP contribution in [0.25, 0.3) is 0 Å². The molecule has 0 aromatic carbocycles. The third-order valence-corrected chi connectivity index (χ3v) is 2.95. The average Bonchev–Trinajstić information content (AvgIpc) is 2.10. The molecule has 74 valence electrons. The first-order valence-corrected chi connectivity index (χ1v) is 5.18. The van der Waals surface area contributed by atoms with Gasteiger partial charge in [0.15, 0.2) is 0 Å². The third kappa shape index (κ3) is 2.91. The second-order valence-corrected chi connectivity index (χ2v) is 3.94. The zero-order valence-electron chi connectivity index (χ0n) is 8.75. The van der Waals surface area contributed by atoms with Gasteiger partial charge in [-0.25, -0.2) is 0 Å². The summed E-state index contributed by atoms with van der Waals surface area (Å²) in [4.78, 5) is 0. The molecule has 1 heteroatoms. The number of ether oxygens (including phenoxy) is 1. The van der Waals surface area contributed by atoms with Gasteiger partial charge in [-0.05, 0) is 30.8 Å². The van der Waals surface area contributed by atoms with Gasteiger partial charge in [-0.1, -0.05) is 32.4 Å². The van der Waals surface area contributed by atoms with Crippen LogP contribution in [0.4, 0.5) is 0 Å². The first-order chi connectivity index (χ1) is 6.25. The summed E-state index contributed by atoms with van der Waals surface area (Å²) < 4.78 is 5.12. The van der Waals surface area contributed by atoms with Crippen LogP contribution in [0.3, 0.4) is 0 Å². The summed E-state index contributed by atoms with van der Waals surface area (Å²) >= 11 is 0. The van der Waals surface area contributed by atoms with Gasteiger partial charge < -0.3 is 4.74 Å². The lowest BCUT2D eigenvalue weighted by Crippen LogP contribution is -2.15. The molecule has 2 unspecified atom stereocenters. The van der Waals surface area contributed by atoms with Crippen molar-refractivity contribution in [3.63, 3.8) is 0 Å². The molecule has 0 radical (unpaired) electrons. The zero-order valence-corrected chi connectivity index (χ0v) is 8.75. The van der Waals surface area contributed by atoms with Crippen molar-refractivity contribution in [3.8, 4) is 0 Å². The van der Waals surface area contributed by atoms with Crippen molar-refractivity contribution in [1.82, 2.24) is 0 Å². The molecule has 1 saturated carbocycles. The molecule has 1 nitrogen and oxygen atoms in total. The fourth-order valence-electron chi connectivity index (χ4n) is 2.16. The van der Waals surface area contributed by atoms with Gasteiger partial charge in [0.1, 0.15) is 6.61 Å². The molecular weight excluding hydrogens is 160 g/mol. The third-order valence-electron chi connectivity index (χ3n) is 2.95. The fraction of sp³-hybridized carbons (Fsp3) is 0.667. The highest BCUT2D eigenvalue weighted by Crippen LogP contribution is 2.33. The van der Waals surface area contributed by atoms with E-state index in [1.165, 1.54) is 25.5 Å². The van der Waals surface area contributed by atoms with Gasteiger partial charge in [0.05, 0.1) is 6.26 Å². The Morgan fingerprint density at radius 1 is 1.38 bits per heavy atom. The quantitative estimate of drug-likeness (QED) is 0.367. The Labute approximate surface area is 81.5 Å². The molecule has 0 saturated heterocycles. The molecule has 0 aromatic rings. The van der Waals surface area contributed by atoms with E-state index in [4.69, 9.17) is 4.74 Å². The van der Waals surface area contributed by atoms with Gasteiger partial charge in [0.25, 0.3) is 0 Å². The van der Waals surface area contributed by atoms with E-state index >= 15 is 0 Å². The summed E-state index contributed by atoms with van der Waals surface area (Å²) in [6, 6.07) is 0. The molecule has 1 aliphatic rings. The largest absolute Gasteiger partial charge is 0.498 e. The van der Waals surface area contributed by atoms with Crippen molar-refractivity contribution in [2.75, 3.05) is 6.61 Å². The highest BCUT2D eigenvalue weighted by Gasteiger charge is 2.20. The first-order valence-electron chi connectivity index (χ1n) is 5.18. The van der Waals surface area contributed by atoms with Gasteiger partial charge in [-0.15, -0.1) is 0 Å². The monoisotopic (exact) mass is 180 g/mol. The molecule has 2 atom stereocenters. The minimum atomic E-state index is 0.688. The summed E-state index contributed by atoms with van der Waals surface area (Å²) in [6.45, 7) is 8.85. The van der Waals surface area contributed by atoms with E-state index < -0.39 is 0 Å². The second-order valence-electron chi connectivity index (χ2n) is 3.94. The summed E-state index contributed by atoms with van der Waals surface area (Å²) in [7, 11) is 0. The maximum absolute atomic E-state index is 5.12. The van der Waals surface area contributed by atoms with Gasteiger partial charge in [-0.2, -0.15) is 0 Å². The van der Waals surface area contributed by atoms with E-state index in [0.29, 0.717) is 6.61 Å². The highest BCUT2D eigenvalue weighted by molar-refractivity contribution is 5.11. The lowest BCUT2D eigenvalue weighted by atomic mass is 9.78. The van der Waals surface area contributed by atoms with Crippen molar-refractivity contribution in [1.29, 1.82) is 0 Å². The molecule has 0 amide bonds. The molecule has 0 spiro atoms. The molecule has 1 aliphatic carbocycles. The summed E-state index contributed by atoms with van der Waals surface area (Å²) in [5.41, 5.74) is 1.58. The number of hydrogen-bond acceptors (Lipinski definition) is 1. The maximum atomic E-state index is 5.12. The van der Waals surface area contributed by atoms with Crippen LogP contribution < -0.4 is 0 Å². The molecular formula is C12H20O. The van der Waals surface area contributed by atoms with E-state index in [1.807, 2.05) is 0 Å². The lowest BCUT2D eigenvalue weighted by molar-refractivity contribution is 0.285. The van der Waals surface area contributed by atoms with Crippen LogP contribution in [0.1, 0.15) is 33.1 Å². The standard InChI is InChI=1S/C12H20O/c1-4-13-9-8-12-10(2)6-5-7-11(12)3/h4,8,10-11H,1,5-7,9H2,2-3H3. The topological polar surface area (TPSA) is 9.23 Å². The molecule has 1 rings (SSSR count). The van der Waals surface area contributed by atoms with E-state index in [-0.39, 0.29) is 0 Å². The van der Waals surface area contributed by atoms with Crippen LogP contribution in [0.5, 0.6) is 0 Å². The average molecular weight is 180 g/mol. The molecule has 0 aliphatic heterocycles. The Bertz CT molecular complexity index is 181. The Morgan fingerprint density at radius 3 is 2.54 bits per heavy atom. The number of rotatable bonds is 3. The molecule has 0 aromatic heterocycles. The van der Waals surface area contributed by atoms with Gasteiger partial charge in [0, 0.05) is 0 Å². The van der Waals surface area contributed by atoms with Crippen LogP contribution in [0.15, 0.2) is 24.5 Å². The van der Waals surface area contributed by atoms with E-state index in [0.717, 1.165) is 11.8 Å². The summed E-state index contributed by atoms with van der Waals surface area (Å²) in [6.07, 6.45) is 7.79. The predicted molar refractivity (Wildman–Crippen MR) is 56.4 cm³/mol. The van der Waals surface area contributed by atoms with Crippen molar-refractivity contribution in [3.05, 3.63) is 24.5 Å². The highest BCUT2D eigenvalue weighted by atomic mass is 16.5. The fourth-order valence-corrected chi connectivity index (χ4v) is 2.16. The maximum Gasteiger partial charge on any atom is 0.106 e. The summed E-state index contributed by atoms with van der Waals surface area (Å²) in [5.74, 6) is 1.49. The lowest BCUT2D eigenvalue weighted by Gasteiger charge is -2.28. The van der Waals surface area contributed by atoms with Crippen molar-refractivity contribution in [2.24, 2.45) is 11.8 Å². The smallest absolute Gasteiger partial charge is 0.106 e. The Morgan fingerprint density at radius 2 is 2.00 bits per heavy atom. The van der Waals surface area contributed by atoms with E-state index in [9.17, 15) is 0 Å². The SMILES string of the molecule is C=COCC=C1C(C)CCCC1C. The van der Waals surface area contributed by atoms with E-state index in [1.54, 1.807) is 5.57 Å². The van der Waals surface area contributed by atoms with Crippen LogP contribution in [0, 0.1) is 11.8 Å². The van der Waals surface area contributed by atoms with Gasteiger partial charge >= 0.3 is 0 Å². The number of allylic oxidation sites excluding steroid dienone is 1. The molecule has 1 fully saturated rings. The predicted octanol–water partition coefficient (Wildman–Crippen LogP) is 3.53. The van der Waals surface area contributed by atoms with Crippen molar-refractivity contribution >= 4 is 0 Å². The van der Waals surface area contributed by atoms with Crippen molar-refractivity contribution < 1.29 is 4.74 Å². The minimum Gasteiger partial charge on any atom is -0.498 e. The van der Waals surface area contributed by atoms with Crippen LogP contribution in [-0.4, -0.2) is 6.61 Å². The van der Waals surface area contributed by atoms with Crippen molar-refractivity contribution in [2.45, 2.75) is 33.1 Å². The zero-order chi connectivity index (χ0) is 9.68. The van der Waals surface area contributed by atoms with Crippen LogP contribution >= 0.6 is 0 Å². The van der Waals surface area contributed by atoms with Gasteiger partial charge in [0.2, 0.25) is 0 Å². The number of hydrogen-bond donors (Lipinski definition) is 0. The molecule has 0 heterocycles. The molecule has 0 N–H and O–H groups in total. The summed E-state index contributed by atoms with van der Waals surface area (Å²) in [5, 5.41) is 0. The Hall–Kier alpha value is -0.720.